The molecular formula is C22H23F3N6O. The Morgan fingerprint density at radius 1 is 1.16 bits per heavy atom. The third kappa shape index (κ3) is 4.80. The van der Waals surface area contributed by atoms with Gasteiger partial charge in [-0.2, -0.15) is 18.3 Å². The van der Waals surface area contributed by atoms with Crippen molar-refractivity contribution in [2.24, 2.45) is 0 Å². The molecule has 0 aliphatic carbocycles. The number of halogens is 3. The molecule has 2 aromatic heterocycles. The van der Waals surface area contributed by atoms with E-state index in [2.05, 4.69) is 20.2 Å². The molecule has 4 rings (SSSR count). The highest BCUT2D eigenvalue weighted by atomic mass is 19.4. The Labute approximate surface area is 183 Å². The fourth-order valence-electron chi connectivity index (χ4n) is 4.01. The number of nitrogens with zero attached hydrogens (tertiary/aromatic N) is 5. The molecule has 1 aliphatic heterocycles. The molecule has 0 bridgehead atoms. The van der Waals surface area contributed by atoms with E-state index in [-0.39, 0.29) is 18.0 Å². The second-order valence-corrected chi connectivity index (χ2v) is 7.77. The van der Waals surface area contributed by atoms with Gasteiger partial charge in [-0.1, -0.05) is 18.2 Å². The van der Waals surface area contributed by atoms with Gasteiger partial charge in [0.15, 0.2) is 5.82 Å². The highest BCUT2D eigenvalue weighted by Crippen LogP contribution is 2.33. The van der Waals surface area contributed by atoms with E-state index in [4.69, 9.17) is 0 Å². The molecule has 1 N–H and O–H groups in total. The summed E-state index contributed by atoms with van der Waals surface area (Å²) in [5.74, 6) is 0.868. The molecule has 168 valence electrons. The summed E-state index contributed by atoms with van der Waals surface area (Å²) in [5, 5.41) is 7.06. The van der Waals surface area contributed by atoms with Crippen molar-refractivity contribution in [2.45, 2.75) is 32.1 Å². The molecule has 1 atom stereocenters. The van der Waals surface area contributed by atoms with Crippen LogP contribution in [0.1, 0.15) is 45.6 Å². The molecule has 3 heterocycles. The highest BCUT2D eigenvalue weighted by Gasteiger charge is 2.36. The van der Waals surface area contributed by atoms with Crippen LogP contribution < -0.4 is 0 Å². The fraction of sp³-hybridized carbons (Fsp3) is 0.364. The maximum absolute atomic E-state index is 13.5. The Hall–Kier alpha value is -3.27. The molecular weight excluding hydrogens is 421 g/mol. The van der Waals surface area contributed by atoms with Gasteiger partial charge in [-0.05, 0) is 37.1 Å². The molecule has 0 radical (unpaired) electrons. The lowest BCUT2D eigenvalue weighted by molar-refractivity contribution is -0.138. The Bertz CT molecular complexity index is 1070. The lowest BCUT2D eigenvalue weighted by Crippen LogP contribution is -2.39. The van der Waals surface area contributed by atoms with Crippen LogP contribution in [0.2, 0.25) is 0 Å². The van der Waals surface area contributed by atoms with Gasteiger partial charge in [-0.3, -0.25) is 19.8 Å². The number of alkyl halides is 3. The van der Waals surface area contributed by atoms with Crippen molar-refractivity contribution in [1.82, 2.24) is 30.0 Å². The molecule has 10 heteroatoms. The first-order valence-electron chi connectivity index (χ1n) is 10.3. The number of H-pyrrole nitrogens is 1. The minimum Gasteiger partial charge on any atom is -0.327 e. The highest BCUT2D eigenvalue weighted by molar-refractivity contribution is 5.94. The van der Waals surface area contributed by atoms with Crippen LogP contribution in [0.4, 0.5) is 13.2 Å². The summed E-state index contributed by atoms with van der Waals surface area (Å²) in [6.07, 6.45) is -0.703. The van der Waals surface area contributed by atoms with Crippen molar-refractivity contribution in [2.75, 3.05) is 19.6 Å². The van der Waals surface area contributed by atoms with Gasteiger partial charge in [0, 0.05) is 44.1 Å². The van der Waals surface area contributed by atoms with Gasteiger partial charge >= 0.3 is 6.18 Å². The standard InChI is InChI=1S/C22H23F3N6O/c1-15-27-20(29-28-15)19-14-30(13-17-5-2-3-6-18(17)22(23,24)25)11-4-12-31(19)21(32)16-7-9-26-10-8-16/h2-3,5-10,19H,4,11-14H2,1H3,(H,27,28,29). The lowest BCUT2D eigenvalue weighted by atomic mass is 10.1. The van der Waals surface area contributed by atoms with E-state index < -0.39 is 17.8 Å². The summed E-state index contributed by atoms with van der Waals surface area (Å²) in [4.78, 5) is 25.3. The number of amides is 1. The van der Waals surface area contributed by atoms with E-state index in [0.717, 1.165) is 6.07 Å². The van der Waals surface area contributed by atoms with Crippen LogP contribution in [0.15, 0.2) is 48.8 Å². The average molecular weight is 444 g/mol. The molecule has 0 spiro atoms. The topological polar surface area (TPSA) is 78.0 Å². The first-order valence-corrected chi connectivity index (χ1v) is 10.3. The predicted molar refractivity (Wildman–Crippen MR) is 110 cm³/mol. The fourth-order valence-corrected chi connectivity index (χ4v) is 4.01. The number of hydrogen-bond acceptors (Lipinski definition) is 5. The number of aromatic amines is 1. The maximum atomic E-state index is 13.5. The molecule has 1 aliphatic rings. The van der Waals surface area contributed by atoms with E-state index in [1.54, 1.807) is 42.4 Å². The molecule has 0 saturated carbocycles. The minimum atomic E-state index is -4.42. The van der Waals surface area contributed by atoms with Gasteiger partial charge in [-0.25, -0.2) is 4.98 Å². The molecule has 1 amide bonds. The summed E-state index contributed by atoms with van der Waals surface area (Å²) in [5.41, 5.74) is 0.0613. The van der Waals surface area contributed by atoms with Crippen molar-refractivity contribution >= 4 is 5.91 Å². The second-order valence-electron chi connectivity index (χ2n) is 7.77. The van der Waals surface area contributed by atoms with E-state index >= 15 is 0 Å². The zero-order chi connectivity index (χ0) is 22.7. The van der Waals surface area contributed by atoms with E-state index in [9.17, 15) is 18.0 Å². The van der Waals surface area contributed by atoms with Crippen LogP contribution in [0, 0.1) is 6.92 Å². The monoisotopic (exact) mass is 444 g/mol. The minimum absolute atomic E-state index is 0.118. The van der Waals surface area contributed by atoms with Crippen LogP contribution in [-0.2, 0) is 12.7 Å². The number of aryl methyl sites for hydroxylation is 1. The Morgan fingerprint density at radius 3 is 2.59 bits per heavy atom. The van der Waals surface area contributed by atoms with Gasteiger partial charge in [0.2, 0.25) is 0 Å². The maximum Gasteiger partial charge on any atom is 0.416 e. The zero-order valence-electron chi connectivity index (χ0n) is 17.5. The smallest absolute Gasteiger partial charge is 0.327 e. The Balaban J connectivity index is 1.63. The van der Waals surface area contributed by atoms with E-state index in [1.165, 1.54) is 12.1 Å². The summed E-state index contributed by atoms with van der Waals surface area (Å²) in [6, 6.07) is 8.39. The number of benzene rings is 1. The van der Waals surface area contributed by atoms with Crippen molar-refractivity contribution < 1.29 is 18.0 Å². The number of rotatable bonds is 4. The average Bonchev–Trinajstić information content (AvgIpc) is 3.10. The van der Waals surface area contributed by atoms with Crippen LogP contribution in [-0.4, -0.2) is 55.5 Å². The molecule has 1 saturated heterocycles. The molecule has 7 nitrogen and oxygen atoms in total. The largest absolute Gasteiger partial charge is 0.416 e. The molecule has 32 heavy (non-hydrogen) atoms. The van der Waals surface area contributed by atoms with Gasteiger partial charge in [-0.15, -0.1) is 0 Å². The third-order valence-corrected chi connectivity index (χ3v) is 5.50. The predicted octanol–water partition coefficient (Wildman–Crippen LogP) is 3.62. The number of pyridine rings is 1. The summed E-state index contributed by atoms with van der Waals surface area (Å²) >= 11 is 0. The quantitative estimate of drug-likeness (QED) is 0.665. The van der Waals surface area contributed by atoms with Crippen LogP contribution in [0.3, 0.4) is 0 Å². The van der Waals surface area contributed by atoms with Crippen molar-refractivity contribution in [3.63, 3.8) is 0 Å². The SMILES string of the molecule is Cc1nc(C2CN(Cc3ccccc3C(F)(F)F)CCCN2C(=O)c2ccncc2)n[nH]1. The van der Waals surface area contributed by atoms with Crippen LogP contribution in [0.5, 0.6) is 0 Å². The Morgan fingerprint density at radius 2 is 1.91 bits per heavy atom. The number of hydrogen-bond donors (Lipinski definition) is 1. The van der Waals surface area contributed by atoms with Crippen molar-refractivity contribution in [3.8, 4) is 0 Å². The first kappa shape index (κ1) is 21.9. The molecule has 1 fully saturated rings. The molecule has 1 aromatic carbocycles. The first-order chi connectivity index (χ1) is 15.3. The molecule has 3 aromatic rings. The number of aromatic nitrogens is 4. The number of nitrogens with one attached hydrogen (secondary N) is 1. The molecule has 1 unspecified atom stereocenters. The summed E-state index contributed by atoms with van der Waals surface area (Å²) in [6.45, 7) is 3.19. The lowest BCUT2D eigenvalue weighted by Gasteiger charge is -2.30. The zero-order valence-corrected chi connectivity index (χ0v) is 17.5. The second kappa shape index (κ2) is 9.07. The summed E-state index contributed by atoms with van der Waals surface area (Å²) in [7, 11) is 0. The van der Waals surface area contributed by atoms with Crippen molar-refractivity contribution in [3.05, 3.63) is 77.1 Å². The van der Waals surface area contributed by atoms with Gasteiger partial charge in [0.05, 0.1) is 5.56 Å². The normalized spacial score (nSPS) is 17.9. The van der Waals surface area contributed by atoms with E-state index in [0.29, 0.717) is 43.3 Å². The van der Waals surface area contributed by atoms with Crippen molar-refractivity contribution in [1.29, 1.82) is 0 Å². The third-order valence-electron chi connectivity index (χ3n) is 5.50. The van der Waals surface area contributed by atoms with Gasteiger partial charge in [0.25, 0.3) is 5.91 Å². The number of carbonyl (C=O) groups is 1. The number of carbonyl (C=O) groups excluding carboxylic acids is 1. The van der Waals surface area contributed by atoms with E-state index in [1.807, 2.05) is 4.90 Å². The van der Waals surface area contributed by atoms with Gasteiger partial charge < -0.3 is 4.90 Å². The van der Waals surface area contributed by atoms with Crippen LogP contribution in [0.25, 0.3) is 0 Å². The summed E-state index contributed by atoms with van der Waals surface area (Å²) < 4.78 is 40.4. The van der Waals surface area contributed by atoms with Gasteiger partial charge in [0.1, 0.15) is 11.9 Å². The van der Waals surface area contributed by atoms with Crippen LogP contribution >= 0.6 is 0 Å². The Kier molecular flexibility index (Phi) is 6.22.